The minimum absolute atomic E-state index is 0.574. The molecule has 8 heteroatoms. The maximum atomic E-state index is 14.3. The smallest absolute Gasteiger partial charge is 0.330 e. The van der Waals surface area contributed by atoms with Crippen LogP contribution in [0.1, 0.15) is 13.2 Å². The number of alkyl halides is 1. The van der Waals surface area contributed by atoms with Gasteiger partial charge in [-0.2, -0.15) is 0 Å². The van der Waals surface area contributed by atoms with E-state index in [1.165, 1.54) is 0 Å². The highest BCUT2D eigenvalue weighted by atomic mass is 19.1. The summed E-state index contributed by atoms with van der Waals surface area (Å²) in [5.41, 5.74) is -3.72. The van der Waals surface area contributed by atoms with Gasteiger partial charge in [0, 0.05) is 12.3 Å². The molecule has 0 aromatic carbocycles. The minimum Gasteiger partial charge on any atom is -0.394 e. The summed E-state index contributed by atoms with van der Waals surface area (Å²) in [6, 6.07) is 1.04. The predicted octanol–water partition coefficient (Wildman–Crippen LogP) is -1.48. The maximum absolute atomic E-state index is 14.3. The zero-order chi connectivity index (χ0) is 13.5. The minimum atomic E-state index is -2.25. The number of ether oxygens (including phenoxy) is 1. The van der Waals surface area contributed by atoms with E-state index in [9.17, 15) is 19.1 Å². The van der Waals surface area contributed by atoms with Gasteiger partial charge in [0.1, 0.15) is 12.2 Å². The molecule has 0 spiro atoms. The predicted molar refractivity (Wildman–Crippen MR) is 57.8 cm³/mol. The molecule has 7 nitrogen and oxygen atoms in total. The van der Waals surface area contributed by atoms with Crippen molar-refractivity contribution < 1.29 is 19.3 Å². The third-order valence-electron chi connectivity index (χ3n) is 3.00. The lowest BCUT2D eigenvalue weighted by Gasteiger charge is -2.24. The first-order valence-electron chi connectivity index (χ1n) is 5.32. The molecule has 0 radical (unpaired) electrons. The molecule has 1 fully saturated rings. The lowest BCUT2D eigenvalue weighted by atomic mass is 9.98. The van der Waals surface area contributed by atoms with Crippen LogP contribution in [0.4, 0.5) is 4.39 Å². The van der Waals surface area contributed by atoms with Gasteiger partial charge in [0.15, 0.2) is 11.9 Å². The molecule has 0 saturated carbocycles. The van der Waals surface area contributed by atoms with Crippen LogP contribution in [0.5, 0.6) is 0 Å². The molecular weight excluding hydrogens is 247 g/mol. The molecule has 0 amide bonds. The number of nitrogens with zero attached hydrogens (tertiary/aromatic N) is 1. The van der Waals surface area contributed by atoms with E-state index in [1.54, 1.807) is 0 Å². The molecule has 100 valence electrons. The molecule has 3 N–H and O–H groups in total. The van der Waals surface area contributed by atoms with Crippen molar-refractivity contribution in [3.63, 3.8) is 0 Å². The number of halogens is 1. The van der Waals surface area contributed by atoms with Crippen LogP contribution < -0.4 is 11.2 Å². The van der Waals surface area contributed by atoms with E-state index < -0.39 is 42.0 Å². The van der Waals surface area contributed by atoms with Gasteiger partial charge in [0.05, 0.1) is 6.61 Å². The van der Waals surface area contributed by atoms with Gasteiger partial charge < -0.3 is 14.9 Å². The number of nitrogens with one attached hydrogen (secondary N) is 1. The molecule has 0 aliphatic carbocycles. The Balaban J connectivity index is 2.45. The Morgan fingerprint density at radius 1 is 1.61 bits per heavy atom. The monoisotopic (exact) mass is 260 g/mol. The maximum Gasteiger partial charge on any atom is 0.330 e. The van der Waals surface area contributed by atoms with Crippen molar-refractivity contribution in [3.8, 4) is 0 Å². The van der Waals surface area contributed by atoms with Crippen LogP contribution in [-0.4, -0.2) is 44.2 Å². The Kier molecular flexibility index (Phi) is 3.09. The molecule has 1 aliphatic heterocycles. The van der Waals surface area contributed by atoms with Crippen LogP contribution in [-0.2, 0) is 4.74 Å². The third-order valence-corrected chi connectivity index (χ3v) is 3.00. The Hall–Kier alpha value is -1.51. The van der Waals surface area contributed by atoms with Gasteiger partial charge in [0.25, 0.3) is 5.56 Å². The van der Waals surface area contributed by atoms with Crippen molar-refractivity contribution in [2.75, 3.05) is 6.61 Å². The summed E-state index contributed by atoms with van der Waals surface area (Å²) in [6.45, 7) is 0.491. The van der Waals surface area contributed by atoms with Crippen LogP contribution in [0.15, 0.2) is 21.9 Å². The Bertz CT molecular complexity index is 552. The highest BCUT2D eigenvalue weighted by Gasteiger charge is 2.54. The normalized spacial score (nSPS) is 35.9. The number of aliphatic hydroxyl groups is 2. The van der Waals surface area contributed by atoms with E-state index >= 15 is 0 Å². The van der Waals surface area contributed by atoms with Crippen LogP contribution in [0, 0.1) is 0 Å². The van der Waals surface area contributed by atoms with Gasteiger partial charge in [-0.05, 0) is 6.92 Å². The van der Waals surface area contributed by atoms with Crippen molar-refractivity contribution in [1.29, 1.82) is 0 Å². The number of aromatic amines is 1. The summed E-state index contributed by atoms with van der Waals surface area (Å²) in [7, 11) is 0. The lowest BCUT2D eigenvalue weighted by Crippen LogP contribution is -2.43. The summed E-state index contributed by atoms with van der Waals surface area (Å²) in [5.74, 6) is 0. The quantitative estimate of drug-likeness (QED) is 0.601. The van der Waals surface area contributed by atoms with E-state index in [4.69, 9.17) is 9.84 Å². The number of aliphatic hydroxyl groups excluding tert-OH is 2. The number of H-pyrrole nitrogens is 1. The average Bonchev–Trinajstić information content (AvgIpc) is 2.52. The third kappa shape index (κ3) is 1.88. The molecule has 2 heterocycles. The average molecular weight is 260 g/mol. The first kappa shape index (κ1) is 12.9. The van der Waals surface area contributed by atoms with E-state index in [0.717, 1.165) is 23.8 Å². The largest absolute Gasteiger partial charge is 0.394 e. The van der Waals surface area contributed by atoms with Crippen molar-refractivity contribution >= 4 is 0 Å². The zero-order valence-electron chi connectivity index (χ0n) is 9.54. The van der Waals surface area contributed by atoms with Gasteiger partial charge in [-0.25, -0.2) is 9.18 Å². The van der Waals surface area contributed by atoms with Crippen LogP contribution >= 0.6 is 0 Å². The summed E-state index contributed by atoms with van der Waals surface area (Å²) >= 11 is 0. The Morgan fingerprint density at radius 3 is 2.78 bits per heavy atom. The molecule has 1 aromatic heterocycles. The molecule has 2 rings (SSSR count). The first-order chi connectivity index (χ1) is 8.37. The van der Waals surface area contributed by atoms with E-state index in [-0.39, 0.29) is 0 Å². The molecular formula is C10H13FN2O5. The second kappa shape index (κ2) is 4.30. The zero-order valence-corrected chi connectivity index (χ0v) is 9.54. The fourth-order valence-electron chi connectivity index (χ4n) is 1.97. The fourth-order valence-corrected chi connectivity index (χ4v) is 1.97. The standard InChI is InChI=1S/C10H13FN2O5/c1-10(11)7(16)5(4-14)18-8(10)13-3-2-6(15)12-9(13)17/h2-3,5,7-8,14,16H,4H2,1H3,(H,12,15,17)/t5-,7?,8-,10-/m0/s1. The van der Waals surface area contributed by atoms with Gasteiger partial charge >= 0.3 is 5.69 Å². The summed E-state index contributed by atoms with van der Waals surface area (Å²) in [4.78, 5) is 24.4. The number of rotatable bonds is 2. The molecule has 1 unspecified atom stereocenters. The fraction of sp³-hybridized carbons (Fsp3) is 0.600. The van der Waals surface area contributed by atoms with E-state index in [2.05, 4.69) is 0 Å². The topological polar surface area (TPSA) is 105 Å². The molecule has 1 saturated heterocycles. The summed E-state index contributed by atoms with van der Waals surface area (Å²) in [6.07, 6.45) is -3.01. The van der Waals surface area contributed by atoms with Crippen molar-refractivity contribution in [3.05, 3.63) is 33.1 Å². The lowest BCUT2D eigenvalue weighted by molar-refractivity contribution is -0.0611. The first-order valence-corrected chi connectivity index (χ1v) is 5.32. The van der Waals surface area contributed by atoms with Crippen molar-refractivity contribution in [2.45, 2.75) is 31.0 Å². The van der Waals surface area contributed by atoms with E-state index in [1.807, 2.05) is 4.98 Å². The van der Waals surface area contributed by atoms with Crippen LogP contribution in [0.3, 0.4) is 0 Å². The number of aromatic nitrogens is 2. The molecule has 1 aromatic rings. The number of hydrogen-bond donors (Lipinski definition) is 3. The summed E-state index contributed by atoms with van der Waals surface area (Å²) < 4.78 is 20.3. The molecule has 1 aliphatic rings. The second-order valence-electron chi connectivity index (χ2n) is 4.32. The van der Waals surface area contributed by atoms with E-state index in [0.29, 0.717) is 0 Å². The molecule has 0 bridgehead atoms. The van der Waals surface area contributed by atoms with Gasteiger partial charge in [-0.3, -0.25) is 14.3 Å². The number of hydrogen-bond acceptors (Lipinski definition) is 5. The summed E-state index contributed by atoms with van der Waals surface area (Å²) in [5, 5.41) is 18.6. The van der Waals surface area contributed by atoms with Crippen LogP contribution in [0.25, 0.3) is 0 Å². The van der Waals surface area contributed by atoms with Gasteiger partial charge in [-0.1, -0.05) is 0 Å². The van der Waals surface area contributed by atoms with Gasteiger partial charge in [0.2, 0.25) is 0 Å². The van der Waals surface area contributed by atoms with Crippen molar-refractivity contribution in [2.24, 2.45) is 0 Å². The van der Waals surface area contributed by atoms with Crippen molar-refractivity contribution in [1.82, 2.24) is 9.55 Å². The molecule has 18 heavy (non-hydrogen) atoms. The van der Waals surface area contributed by atoms with Crippen LogP contribution in [0.2, 0.25) is 0 Å². The SMILES string of the molecule is C[C@]1(F)C(O)[C@H](CO)O[C@@H]1n1ccc(=O)[nH]c1=O. The highest BCUT2D eigenvalue weighted by Crippen LogP contribution is 2.40. The molecule has 4 atom stereocenters. The Morgan fingerprint density at radius 2 is 2.28 bits per heavy atom. The Labute approximate surface area is 100 Å². The van der Waals surface area contributed by atoms with Gasteiger partial charge in [-0.15, -0.1) is 0 Å². The highest BCUT2D eigenvalue weighted by molar-refractivity contribution is 5.01. The second-order valence-corrected chi connectivity index (χ2v) is 4.32.